The lowest BCUT2D eigenvalue weighted by Crippen LogP contribution is -2.22. The van der Waals surface area contributed by atoms with Crippen LogP contribution in [0.15, 0.2) is 57.9 Å². The highest BCUT2D eigenvalue weighted by Crippen LogP contribution is 2.30. The molecule has 1 unspecified atom stereocenters. The lowest BCUT2D eigenvalue weighted by atomic mass is 10.1. The predicted molar refractivity (Wildman–Crippen MR) is 102 cm³/mol. The molecule has 2 aromatic carbocycles. The molecule has 0 radical (unpaired) electrons. The molecular weight excluding hydrogens is 421 g/mol. The summed E-state index contributed by atoms with van der Waals surface area (Å²) < 4.78 is 66.0. The number of hydrogen-bond acceptors (Lipinski definition) is 6. The number of nitrogens with zero attached hydrogens (tertiary/aromatic N) is 3. The Kier molecular flexibility index (Phi) is 5.97. The van der Waals surface area contributed by atoms with Gasteiger partial charge in [-0.15, -0.1) is 0 Å². The maximum Gasteiger partial charge on any atom is 0.416 e. The van der Waals surface area contributed by atoms with Crippen LogP contribution in [-0.2, 0) is 22.7 Å². The fourth-order valence-electron chi connectivity index (χ4n) is 2.79. The minimum absolute atomic E-state index is 0.0270. The van der Waals surface area contributed by atoms with Gasteiger partial charge in [0.05, 0.1) is 17.0 Å². The molecule has 1 aromatic heterocycles. The van der Waals surface area contributed by atoms with Gasteiger partial charge in [0.2, 0.25) is 21.7 Å². The molecule has 0 fully saturated rings. The number of alkyl halides is 3. The zero-order valence-electron chi connectivity index (χ0n) is 16.1. The molecule has 2 N–H and O–H groups in total. The van der Waals surface area contributed by atoms with E-state index in [2.05, 4.69) is 10.1 Å². The van der Waals surface area contributed by atoms with Crippen LogP contribution < -0.4 is 5.14 Å². The molecule has 0 spiro atoms. The zero-order valence-corrected chi connectivity index (χ0v) is 16.9. The summed E-state index contributed by atoms with van der Waals surface area (Å²) in [5.41, 5.74) is 0.511. The molecule has 7 nitrogen and oxygen atoms in total. The van der Waals surface area contributed by atoms with E-state index in [-0.39, 0.29) is 23.3 Å². The first-order chi connectivity index (χ1) is 13.9. The standard InChI is InChI=1S/C19H19F3N4O3S/c1-12(13-5-9-16(10-6-13)30(23,27)28)26(2)11-17-24-18(25-29-17)14-3-7-15(8-4-14)19(20,21)22/h3-10,12H,11H2,1-2H3,(H2,23,27,28). The highest BCUT2D eigenvalue weighted by Gasteiger charge is 2.30. The average molecular weight is 440 g/mol. The number of benzene rings is 2. The maximum atomic E-state index is 12.7. The second-order valence-corrected chi connectivity index (χ2v) is 8.35. The number of nitrogens with two attached hydrogens (primary N) is 1. The number of rotatable bonds is 6. The number of aromatic nitrogens is 2. The van der Waals surface area contributed by atoms with Crippen molar-refractivity contribution in [2.45, 2.75) is 30.6 Å². The van der Waals surface area contributed by atoms with Crippen molar-refractivity contribution in [3.05, 3.63) is 65.5 Å². The zero-order chi connectivity index (χ0) is 22.1. The molecule has 0 saturated carbocycles. The largest absolute Gasteiger partial charge is 0.416 e. The van der Waals surface area contributed by atoms with Crippen LogP contribution in [0.5, 0.6) is 0 Å². The fourth-order valence-corrected chi connectivity index (χ4v) is 3.30. The Hall–Kier alpha value is -2.76. The first-order valence-electron chi connectivity index (χ1n) is 8.78. The van der Waals surface area contributed by atoms with Crippen molar-refractivity contribution < 1.29 is 26.1 Å². The molecular formula is C19H19F3N4O3S. The molecule has 0 aliphatic heterocycles. The topological polar surface area (TPSA) is 102 Å². The number of sulfonamides is 1. The Balaban J connectivity index is 1.69. The Bertz CT molecular complexity index is 1110. The summed E-state index contributed by atoms with van der Waals surface area (Å²) in [6.07, 6.45) is -4.41. The van der Waals surface area contributed by atoms with E-state index in [1.54, 1.807) is 12.1 Å². The minimum Gasteiger partial charge on any atom is -0.338 e. The van der Waals surface area contributed by atoms with Crippen LogP contribution in [-0.4, -0.2) is 30.5 Å². The lowest BCUT2D eigenvalue weighted by molar-refractivity contribution is -0.137. The van der Waals surface area contributed by atoms with Crippen molar-refractivity contribution >= 4 is 10.0 Å². The predicted octanol–water partition coefficient (Wildman–Crippen LogP) is 3.60. The molecule has 1 atom stereocenters. The van der Waals surface area contributed by atoms with E-state index in [0.29, 0.717) is 11.5 Å². The molecule has 30 heavy (non-hydrogen) atoms. The Morgan fingerprint density at radius 2 is 1.70 bits per heavy atom. The van der Waals surface area contributed by atoms with Gasteiger partial charge in [0.15, 0.2) is 0 Å². The van der Waals surface area contributed by atoms with E-state index >= 15 is 0 Å². The lowest BCUT2D eigenvalue weighted by Gasteiger charge is -2.23. The van der Waals surface area contributed by atoms with E-state index in [1.165, 1.54) is 24.3 Å². The van der Waals surface area contributed by atoms with Gasteiger partial charge in [-0.3, -0.25) is 4.90 Å². The molecule has 1 heterocycles. The normalized spacial score (nSPS) is 13.6. The van der Waals surface area contributed by atoms with E-state index in [9.17, 15) is 21.6 Å². The fraction of sp³-hybridized carbons (Fsp3) is 0.263. The molecule has 11 heteroatoms. The van der Waals surface area contributed by atoms with Gasteiger partial charge in [-0.1, -0.05) is 29.4 Å². The van der Waals surface area contributed by atoms with Gasteiger partial charge < -0.3 is 4.52 Å². The van der Waals surface area contributed by atoms with E-state index in [4.69, 9.17) is 9.66 Å². The summed E-state index contributed by atoms with van der Waals surface area (Å²) in [6.45, 7) is 2.20. The van der Waals surface area contributed by atoms with Crippen molar-refractivity contribution in [2.24, 2.45) is 5.14 Å². The van der Waals surface area contributed by atoms with Gasteiger partial charge >= 0.3 is 6.18 Å². The van der Waals surface area contributed by atoms with Crippen molar-refractivity contribution in [2.75, 3.05) is 7.05 Å². The summed E-state index contributed by atoms with van der Waals surface area (Å²) in [4.78, 5) is 6.16. The van der Waals surface area contributed by atoms with Gasteiger partial charge in [-0.25, -0.2) is 13.6 Å². The average Bonchev–Trinajstić information content (AvgIpc) is 3.14. The Labute approximate surface area is 171 Å². The van der Waals surface area contributed by atoms with Crippen molar-refractivity contribution in [3.63, 3.8) is 0 Å². The Morgan fingerprint density at radius 1 is 1.10 bits per heavy atom. The second kappa shape index (κ2) is 8.17. The molecule has 3 rings (SSSR count). The maximum absolute atomic E-state index is 12.7. The molecule has 0 aliphatic rings. The second-order valence-electron chi connectivity index (χ2n) is 6.79. The summed E-state index contributed by atoms with van der Waals surface area (Å²) >= 11 is 0. The third kappa shape index (κ3) is 5.04. The highest BCUT2D eigenvalue weighted by molar-refractivity contribution is 7.89. The summed E-state index contributed by atoms with van der Waals surface area (Å²) in [5.74, 6) is 0.484. The van der Waals surface area contributed by atoms with Crippen molar-refractivity contribution in [1.82, 2.24) is 15.0 Å². The van der Waals surface area contributed by atoms with Gasteiger partial charge in [0.25, 0.3) is 0 Å². The van der Waals surface area contributed by atoms with Crippen LogP contribution in [0, 0.1) is 0 Å². The van der Waals surface area contributed by atoms with E-state index in [1.807, 2.05) is 18.9 Å². The number of primary sulfonamides is 1. The minimum atomic E-state index is -4.41. The third-order valence-electron chi connectivity index (χ3n) is 4.68. The van der Waals surface area contributed by atoms with E-state index in [0.717, 1.165) is 17.7 Å². The van der Waals surface area contributed by atoms with Crippen LogP contribution in [0.1, 0.15) is 30.0 Å². The molecule has 0 saturated heterocycles. The quantitative estimate of drug-likeness (QED) is 0.628. The highest BCUT2D eigenvalue weighted by atomic mass is 32.2. The SMILES string of the molecule is CC(c1ccc(S(N)(=O)=O)cc1)N(C)Cc1nc(-c2ccc(C(F)(F)F)cc2)no1. The molecule has 3 aromatic rings. The van der Waals surface area contributed by atoms with Crippen LogP contribution >= 0.6 is 0 Å². The molecule has 0 aliphatic carbocycles. The summed E-state index contributed by atoms with van der Waals surface area (Å²) in [5, 5.41) is 8.93. The summed E-state index contributed by atoms with van der Waals surface area (Å²) in [6, 6.07) is 10.6. The van der Waals surface area contributed by atoms with Crippen LogP contribution in [0.3, 0.4) is 0 Å². The van der Waals surface area contributed by atoms with Crippen LogP contribution in [0.25, 0.3) is 11.4 Å². The molecule has 0 amide bonds. The smallest absolute Gasteiger partial charge is 0.338 e. The van der Waals surface area contributed by atoms with Crippen LogP contribution in [0.2, 0.25) is 0 Å². The van der Waals surface area contributed by atoms with E-state index < -0.39 is 21.8 Å². The van der Waals surface area contributed by atoms with Gasteiger partial charge in [0.1, 0.15) is 0 Å². The first kappa shape index (κ1) is 21.9. The third-order valence-corrected chi connectivity index (χ3v) is 5.60. The monoisotopic (exact) mass is 440 g/mol. The Morgan fingerprint density at radius 3 is 2.23 bits per heavy atom. The van der Waals surface area contributed by atoms with Gasteiger partial charge in [-0.2, -0.15) is 18.2 Å². The first-order valence-corrected chi connectivity index (χ1v) is 10.3. The molecule has 160 valence electrons. The van der Waals surface area contributed by atoms with Crippen LogP contribution in [0.4, 0.5) is 13.2 Å². The van der Waals surface area contributed by atoms with Gasteiger partial charge in [0, 0.05) is 11.6 Å². The molecule has 0 bridgehead atoms. The van der Waals surface area contributed by atoms with Crippen molar-refractivity contribution in [3.8, 4) is 11.4 Å². The number of hydrogen-bond donors (Lipinski definition) is 1. The van der Waals surface area contributed by atoms with Crippen molar-refractivity contribution in [1.29, 1.82) is 0 Å². The number of halogens is 3. The van der Waals surface area contributed by atoms with Gasteiger partial charge in [-0.05, 0) is 43.8 Å². The summed E-state index contributed by atoms with van der Waals surface area (Å²) in [7, 11) is -1.94.